The highest BCUT2D eigenvalue weighted by Crippen LogP contribution is 2.26. The summed E-state index contributed by atoms with van der Waals surface area (Å²) in [6, 6.07) is 4.27. The number of ether oxygens (including phenoxy) is 2. The molecule has 0 amide bonds. The zero-order valence-corrected chi connectivity index (χ0v) is 19.1. The Hall–Kier alpha value is -0.380. The first-order chi connectivity index (χ1) is 11.6. The largest absolute Gasteiger partial charge is 0.379 e. The van der Waals surface area contributed by atoms with Crippen LogP contribution in [0.25, 0.3) is 0 Å². The van der Waals surface area contributed by atoms with E-state index >= 15 is 0 Å². The van der Waals surface area contributed by atoms with Gasteiger partial charge >= 0.3 is 0 Å². The number of rotatable bonds is 12. The van der Waals surface area contributed by atoms with Crippen LogP contribution in [0.3, 0.4) is 0 Å². The van der Waals surface area contributed by atoms with Crippen LogP contribution < -0.4 is 10.6 Å². The average Bonchev–Trinajstić information content (AvgIpc) is 3.11. The third kappa shape index (κ3) is 11.0. The quantitative estimate of drug-likeness (QED) is 0.206. The fourth-order valence-electron chi connectivity index (χ4n) is 2.09. The second-order valence-corrected chi connectivity index (χ2v) is 7.24. The Kier molecular flexibility index (Phi) is 14.5. The molecule has 0 fully saturated rings. The van der Waals surface area contributed by atoms with Gasteiger partial charge in [0, 0.05) is 37.0 Å². The van der Waals surface area contributed by atoms with Crippen molar-refractivity contribution in [1.82, 2.24) is 10.6 Å². The van der Waals surface area contributed by atoms with Crippen LogP contribution in [0.4, 0.5) is 0 Å². The van der Waals surface area contributed by atoms with E-state index in [9.17, 15) is 0 Å². The smallest absolute Gasteiger partial charge is 0.191 e. The summed E-state index contributed by atoms with van der Waals surface area (Å²) < 4.78 is 11.0. The van der Waals surface area contributed by atoms with Crippen molar-refractivity contribution in [3.8, 4) is 0 Å². The molecule has 0 unspecified atom stereocenters. The summed E-state index contributed by atoms with van der Waals surface area (Å²) in [5, 5.41) is 8.78. The molecule has 1 heterocycles. The van der Waals surface area contributed by atoms with Crippen molar-refractivity contribution >= 4 is 41.3 Å². The molecule has 1 rings (SSSR count). The average molecular weight is 483 g/mol. The first-order valence-electron chi connectivity index (χ1n) is 8.74. The van der Waals surface area contributed by atoms with Crippen LogP contribution in [-0.2, 0) is 14.9 Å². The van der Waals surface area contributed by atoms with Gasteiger partial charge in [-0.25, -0.2) is 0 Å². The normalized spacial score (nSPS) is 11.9. The summed E-state index contributed by atoms with van der Waals surface area (Å²) in [6.07, 6.45) is 2.28. The first-order valence-corrected chi connectivity index (χ1v) is 9.62. The number of thiophene rings is 1. The zero-order valence-electron chi connectivity index (χ0n) is 16.0. The minimum Gasteiger partial charge on any atom is -0.379 e. The predicted octanol–water partition coefficient (Wildman–Crippen LogP) is 3.64. The standard InChI is InChI=1S/C18H33N3O2S.HI/c1-5-6-10-22-12-13-23-11-9-20-17(19-4)21-15-18(2,3)16-8-7-14-24-16;/h7-8,14H,5-6,9-13,15H2,1-4H3,(H2,19,20,21);1H. The molecular formula is C18H34IN3O2S. The van der Waals surface area contributed by atoms with Crippen molar-refractivity contribution in [3.05, 3.63) is 22.4 Å². The van der Waals surface area contributed by atoms with Gasteiger partial charge in [0.05, 0.1) is 19.8 Å². The number of unbranched alkanes of at least 4 members (excludes halogenated alkanes) is 1. The fourth-order valence-corrected chi connectivity index (χ4v) is 2.94. The van der Waals surface area contributed by atoms with Crippen molar-refractivity contribution in [2.45, 2.75) is 39.0 Å². The van der Waals surface area contributed by atoms with Gasteiger partial charge in [0.2, 0.25) is 0 Å². The van der Waals surface area contributed by atoms with Gasteiger partial charge in [-0.15, -0.1) is 35.3 Å². The minimum absolute atomic E-state index is 0. The highest BCUT2D eigenvalue weighted by molar-refractivity contribution is 14.0. The third-order valence-corrected chi connectivity index (χ3v) is 4.90. The first kappa shape index (κ1) is 24.6. The molecule has 0 aliphatic heterocycles. The molecular weight excluding hydrogens is 449 g/mol. The van der Waals surface area contributed by atoms with Crippen LogP contribution in [0.15, 0.2) is 22.5 Å². The maximum absolute atomic E-state index is 5.54. The van der Waals surface area contributed by atoms with Crippen molar-refractivity contribution in [1.29, 1.82) is 0 Å². The lowest BCUT2D eigenvalue weighted by atomic mass is 9.91. The number of aliphatic imine (C=N–C) groups is 1. The maximum Gasteiger partial charge on any atom is 0.191 e. The molecule has 0 saturated carbocycles. The summed E-state index contributed by atoms with van der Waals surface area (Å²) in [5.41, 5.74) is 0.0815. The minimum atomic E-state index is 0. The molecule has 0 radical (unpaired) electrons. The van der Waals surface area contributed by atoms with E-state index in [2.05, 4.69) is 53.9 Å². The second kappa shape index (κ2) is 14.8. The Morgan fingerprint density at radius 3 is 2.48 bits per heavy atom. The molecule has 5 nitrogen and oxygen atoms in total. The Bertz CT molecular complexity index is 453. The molecule has 146 valence electrons. The van der Waals surface area contributed by atoms with Gasteiger partial charge in [-0.2, -0.15) is 0 Å². The van der Waals surface area contributed by atoms with Gasteiger partial charge in [0.15, 0.2) is 5.96 Å². The summed E-state index contributed by atoms with van der Waals surface area (Å²) >= 11 is 1.79. The van der Waals surface area contributed by atoms with Gasteiger partial charge in [0.1, 0.15) is 0 Å². The van der Waals surface area contributed by atoms with Gasteiger partial charge in [-0.1, -0.05) is 33.3 Å². The van der Waals surface area contributed by atoms with E-state index in [1.165, 1.54) is 11.3 Å². The molecule has 0 aromatic carbocycles. The van der Waals surface area contributed by atoms with Crippen LogP contribution in [0, 0.1) is 0 Å². The van der Waals surface area contributed by atoms with E-state index in [0.29, 0.717) is 19.8 Å². The summed E-state index contributed by atoms with van der Waals surface area (Å²) in [7, 11) is 1.79. The van der Waals surface area contributed by atoms with Crippen molar-refractivity contribution in [3.63, 3.8) is 0 Å². The number of hydrogen-bond donors (Lipinski definition) is 2. The molecule has 25 heavy (non-hydrogen) atoms. The van der Waals surface area contributed by atoms with Crippen LogP contribution in [0.2, 0.25) is 0 Å². The molecule has 0 aliphatic carbocycles. The molecule has 0 saturated heterocycles. The Morgan fingerprint density at radius 2 is 1.88 bits per heavy atom. The van der Waals surface area contributed by atoms with Crippen LogP contribution >= 0.6 is 35.3 Å². The van der Waals surface area contributed by atoms with E-state index in [-0.39, 0.29) is 29.4 Å². The molecule has 7 heteroatoms. The Balaban J connectivity index is 0.00000576. The van der Waals surface area contributed by atoms with E-state index in [0.717, 1.165) is 32.1 Å². The zero-order chi connectivity index (χ0) is 17.7. The monoisotopic (exact) mass is 483 g/mol. The molecule has 1 aromatic heterocycles. The number of nitrogens with one attached hydrogen (secondary N) is 2. The van der Waals surface area contributed by atoms with Gasteiger partial charge < -0.3 is 20.1 Å². The third-order valence-electron chi connectivity index (χ3n) is 3.66. The van der Waals surface area contributed by atoms with E-state index in [1.54, 1.807) is 18.4 Å². The Morgan fingerprint density at radius 1 is 1.16 bits per heavy atom. The summed E-state index contributed by atoms with van der Waals surface area (Å²) in [5.74, 6) is 0.808. The molecule has 2 N–H and O–H groups in total. The molecule has 0 aliphatic rings. The van der Waals surface area contributed by atoms with E-state index in [4.69, 9.17) is 9.47 Å². The molecule has 0 atom stereocenters. The molecule has 0 bridgehead atoms. The van der Waals surface area contributed by atoms with E-state index in [1.807, 2.05) is 0 Å². The highest BCUT2D eigenvalue weighted by atomic mass is 127. The van der Waals surface area contributed by atoms with Gasteiger partial charge in [-0.3, -0.25) is 4.99 Å². The maximum atomic E-state index is 5.54. The summed E-state index contributed by atoms with van der Waals surface area (Å²) in [6.45, 7) is 11.0. The number of guanidine groups is 1. The van der Waals surface area contributed by atoms with Crippen LogP contribution in [0.1, 0.15) is 38.5 Å². The summed E-state index contributed by atoms with van der Waals surface area (Å²) in [4.78, 5) is 5.63. The number of nitrogens with zero attached hydrogens (tertiary/aromatic N) is 1. The molecule has 0 spiro atoms. The van der Waals surface area contributed by atoms with Gasteiger partial charge in [0.25, 0.3) is 0 Å². The highest BCUT2D eigenvalue weighted by Gasteiger charge is 2.21. The topological polar surface area (TPSA) is 54.9 Å². The predicted molar refractivity (Wildman–Crippen MR) is 119 cm³/mol. The lowest BCUT2D eigenvalue weighted by molar-refractivity contribution is 0.0487. The lowest BCUT2D eigenvalue weighted by Gasteiger charge is -2.25. The van der Waals surface area contributed by atoms with E-state index < -0.39 is 0 Å². The van der Waals surface area contributed by atoms with Crippen LogP contribution in [-0.4, -0.2) is 52.5 Å². The second-order valence-electron chi connectivity index (χ2n) is 6.29. The number of halogens is 1. The van der Waals surface area contributed by atoms with Crippen molar-refractivity contribution in [2.75, 3.05) is 46.6 Å². The SMILES string of the molecule is CCCCOCCOCCNC(=NC)NCC(C)(C)c1cccs1.I. The lowest BCUT2D eigenvalue weighted by Crippen LogP contribution is -2.44. The molecule has 1 aromatic rings. The van der Waals surface area contributed by atoms with Crippen LogP contribution in [0.5, 0.6) is 0 Å². The Labute approximate surface area is 174 Å². The van der Waals surface area contributed by atoms with Crippen molar-refractivity contribution < 1.29 is 9.47 Å². The number of hydrogen-bond acceptors (Lipinski definition) is 4. The van der Waals surface area contributed by atoms with Gasteiger partial charge in [-0.05, 0) is 17.9 Å². The fraction of sp³-hybridized carbons (Fsp3) is 0.722. The van der Waals surface area contributed by atoms with Crippen molar-refractivity contribution in [2.24, 2.45) is 4.99 Å².